The molecule has 1 N–H and O–H groups in total. The van der Waals surface area contributed by atoms with Crippen LogP contribution in [0.2, 0.25) is 5.02 Å². The predicted octanol–water partition coefficient (Wildman–Crippen LogP) is -0.844. The minimum atomic E-state index is -0.222. The second-order valence-corrected chi connectivity index (χ2v) is 5.85. The number of hydrogen-bond acceptors (Lipinski definition) is 1. The van der Waals surface area contributed by atoms with Gasteiger partial charge in [-0.1, -0.05) is 11.6 Å². The Morgan fingerprint density at radius 1 is 1.00 bits per heavy atom. The summed E-state index contributed by atoms with van der Waals surface area (Å²) in [5.41, 5.74) is 1.73. The maximum Gasteiger partial charge on any atom is 0.254 e. The van der Waals surface area contributed by atoms with Crippen LogP contribution in [0.25, 0.3) is 0 Å². The van der Waals surface area contributed by atoms with Crippen LogP contribution in [-0.4, -0.2) is 37.0 Å². The lowest BCUT2D eigenvalue weighted by atomic mass is 10.1. The summed E-state index contributed by atoms with van der Waals surface area (Å²) >= 11 is 5.85. The number of benzene rings is 2. The van der Waals surface area contributed by atoms with Crippen molar-refractivity contribution in [3.05, 3.63) is 64.9 Å². The van der Waals surface area contributed by atoms with Gasteiger partial charge in [0.15, 0.2) is 0 Å². The van der Waals surface area contributed by atoms with Gasteiger partial charge in [-0.2, -0.15) is 0 Å². The van der Waals surface area contributed by atoms with E-state index in [4.69, 9.17) is 11.6 Å². The third kappa shape index (κ3) is 4.22. The lowest BCUT2D eigenvalue weighted by Crippen LogP contribution is -3.10. The monoisotopic (exact) mass is 354 g/mol. The maximum absolute atomic E-state index is 13.0. The third-order valence-electron chi connectivity index (χ3n) is 4.00. The molecular weight excluding hydrogens is 338 g/mol. The number of carbonyl (C=O) groups excluding carboxylic acids is 1. The molecule has 122 valence electrons. The summed E-state index contributed by atoms with van der Waals surface area (Å²) in [6.45, 7) is 3.03. The van der Waals surface area contributed by atoms with E-state index in [0.29, 0.717) is 23.7 Å². The third-order valence-corrected chi connectivity index (χ3v) is 4.25. The fourth-order valence-corrected chi connectivity index (χ4v) is 2.86. The van der Waals surface area contributed by atoms with Crippen molar-refractivity contribution in [3.8, 4) is 0 Å². The van der Waals surface area contributed by atoms with Gasteiger partial charge in [0, 0.05) is 22.7 Å². The van der Waals surface area contributed by atoms with Gasteiger partial charge in [-0.3, -0.25) is 9.69 Å². The number of amides is 1. The molecule has 0 spiro atoms. The first-order valence-corrected chi connectivity index (χ1v) is 7.67. The average molecular weight is 355 g/mol. The van der Waals surface area contributed by atoms with Crippen molar-refractivity contribution >= 4 is 23.2 Å². The second kappa shape index (κ2) is 7.77. The van der Waals surface area contributed by atoms with E-state index < -0.39 is 0 Å². The molecule has 1 aliphatic heterocycles. The lowest BCUT2D eigenvalue weighted by Gasteiger charge is -2.32. The number of nitrogens with zero attached hydrogens (tertiary/aromatic N) is 1. The Kier molecular flexibility index (Phi) is 5.99. The van der Waals surface area contributed by atoms with Crippen LogP contribution in [0.1, 0.15) is 10.4 Å². The van der Waals surface area contributed by atoms with E-state index >= 15 is 0 Å². The summed E-state index contributed by atoms with van der Waals surface area (Å²) < 4.78 is 13.0. The lowest BCUT2D eigenvalue weighted by molar-refractivity contribution is -0.837. The van der Waals surface area contributed by atoms with Crippen molar-refractivity contribution in [3.63, 3.8) is 0 Å². The molecule has 0 radical (unpaired) electrons. The van der Waals surface area contributed by atoms with Gasteiger partial charge in [0.05, 0.1) is 26.2 Å². The van der Waals surface area contributed by atoms with Gasteiger partial charge in [0.1, 0.15) is 11.5 Å². The minimum absolute atomic E-state index is 0. The van der Waals surface area contributed by atoms with Crippen molar-refractivity contribution < 1.29 is 26.5 Å². The molecule has 0 bridgehead atoms. The zero-order chi connectivity index (χ0) is 15.5. The van der Waals surface area contributed by atoms with Crippen LogP contribution in [0.15, 0.2) is 48.5 Å². The highest BCUT2D eigenvalue weighted by molar-refractivity contribution is 6.30. The minimum Gasteiger partial charge on any atom is -1.00 e. The van der Waals surface area contributed by atoms with Gasteiger partial charge in [-0.15, -0.1) is 0 Å². The fourth-order valence-electron chi connectivity index (χ4n) is 2.73. The number of nitrogens with one attached hydrogen (secondary N) is 1. The van der Waals surface area contributed by atoms with Crippen molar-refractivity contribution in [1.29, 1.82) is 0 Å². The molecule has 2 aromatic carbocycles. The molecule has 6 heteroatoms. The predicted molar refractivity (Wildman–Crippen MR) is 84.1 cm³/mol. The number of quaternary nitrogens is 1. The first-order valence-electron chi connectivity index (χ1n) is 7.29. The Morgan fingerprint density at radius 2 is 1.57 bits per heavy atom. The largest absolute Gasteiger partial charge is 1.00 e. The average Bonchev–Trinajstić information content (AvgIpc) is 2.56. The highest BCUT2D eigenvalue weighted by Crippen LogP contribution is 2.12. The van der Waals surface area contributed by atoms with E-state index in [1.54, 1.807) is 36.4 Å². The van der Waals surface area contributed by atoms with Crippen LogP contribution in [0.3, 0.4) is 0 Å². The van der Waals surface area contributed by atoms with Crippen LogP contribution in [0, 0.1) is 5.82 Å². The molecule has 3 nitrogen and oxygen atoms in total. The Morgan fingerprint density at radius 3 is 2.13 bits per heavy atom. The summed E-state index contributed by atoms with van der Waals surface area (Å²) in [6.07, 6.45) is 0. The molecule has 0 aliphatic carbocycles. The number of carbonyl (C=O) groups is 1. The van der Waals surface area contributed by atoms with Gasteiger partial charge in [-0.25, -0.2) is 4.39 Å². The van der Waals surface area contributed by atoms with Gasteiger partial charge in [0.25, 0.3) is 5.91 Å². The molecule has 1 heterocycles. The Labute approximate surface area is 146 Å². The van der Waals surface area contributed by atoms with Crippen LogP contribution in [0.5, 0.6) is 0 Å². The highest BCUT2D eigenvalue weighted by Gasteiger charge is 2.25. The standard InChI is InChI=1S/C17H16ClFN2O.ClH/c18-14-3-1-13(2-4-14)17(22)21-11-9-20(10-12-21)16-7-5-15(19)6-8-16;/h1-8H,9-12H2;1H. The topological polar surface area (TPSA) is 24.8 Å². The van der Waals surface area contributed by atoms with Crippen molar-refractivity contribution in [2.75, 3.05) is 26.2 Å². The molecule has 1 fully saturated rings. The summed E-state index contributed by atoms with van der Waals surface area (Å²) in [6, 6.07) is 13.5. The van der Waals surface area contributed by atoms with Crippen LogP contribution in [-0.2, 0) is 0 Å². The molecule has 2 aromatic rings. The normalized spacial score (nSPS) is 15.1. The second-order valence-electron chi connectivity index (χ2n) is 5.41. The van der Waals surface area contributed by atoms with Gasteiger partial charge in [0.2, 0.25) is 0 Å². The molecule has 1 amide bonds. The highest BCUT2D eigenvalue weighted by atomic mass is 35.5. The van der Waals surface area contributed by atoms with Crippen LogP contribution < -0.4 is 17.3 Å². The summed E-state index contributed by atoms with van der Waals surface area (Å²) in [5.74, 6) is -0.186. The zero-order valence-electron chi connectivity index (χ0n) is 12.4. The van der Waals surface area contributed by atoms with Crippen LogP contribution in [0.4, 0.5) is 10.1 Å². The molecule has 23 heavy (non-hydrogen) atoms. The van der Waals surface area contributed by atoms with E-state index in [9.17, 15) is 9.18 Å². The van der Waals surface area contributed by atoms with Gasteiger partial charge < -0.3 is 17.3 Å². The molecule has 1 aliphatic rings. The van der Waals surface area contributed by atoms with Crippen molar-refractivity contribution in [2.45, 2.75) is 0 Å². The quantitative estimate of drug-likeness (QED) is 0.747. The SMILES string of the molecule is O=C(c1ccc(Cl)cc1)N1CC[NH+](c2ccc(F)cc2)CC1.[Cl-]. The summed E-state index contributed by atoms with van der Waals surface area (Å²) in [5, 5.41) is 0.627. The smallest absolute Gasteiger partial charge is 0.254 e. The maximum atomic E-state index is 13.0. The number of halogens is 3. The molecule has 0 saturated carbocycles. The Bertz CT molecular complexity index is 653. The first-order chi connectivity index (χ1) is 10.6. The summed E-state index contributed by atoms with van der Waals surface area (Å²) in [4.78, 5) is 15.6. The first kappa shape index (κ1) is 17.7. The molecule has 0 aromatic heterocycles. The molecule has 3 rings (SSSR count). The fraction of sp³-hybridized carbons (Fsp3) is 0.235. The van der Waals surface area contributed by atoms with E-state index in [2.05, 4.69) is 0 Å². The molecule has 1 saturated heterocycles. The summed E-state index contributed by atoms with van der Waals surface area (Å²) in [7, 11) is 0. The van der Waals surface area contributed by atoms with E-state index in [1.807, 2.05) is 4.90 Å². The van der Waals surface area contributed by atoms with E-state index in [-0.39, 0.29) is 24.1 Å². The Balaban J connectivity index is 0.00000192. The van der Waals surface area contributed by atoms with E-state index in [1.165, 1.54) is 17.0 Å². The molecular formula is C17H17Cl2FN2O. The number of piperazine rings is 1. The molecule has 0 atom stereocenters. The van der Waals surface area contributed by atoms with Crippen molar-refractivity contribution in [2.24, 2.45) is 0 Å². The number of hydrogen-bond donors (Lipinski definition) is 1. The van der Waals surface area contributed by atoms with Gasteiger partial charge in [-0.05, 0) is 36.4 Å². The van der Waals surface area contributed by atoms with Crippen LogP contribution >= 0.6 is 11.6 Å². The number of rotatable bonds is 2. The van der Waals surface area contributed by atoms with Crippen molar-refractivity contribution in [1.82, 2.24) is 4.90 Å². The zero-order valence-corrected chi connectivity index (χ0v) is 13.9. The van der Waals surface area contributed by atoms with Gasteiger partial charge >= 0.3 is 0 Å². The van der Waals surface area contributed by atoms with E-state index in [0.717, 1.165) is 18.8 Å². The Hall–Kier alpha value is -1.62. The molecule has 0 unspecified atom stereocenters.